The van der Waals surface area contributed by atoms with Gasteiger partial charge in [0.05, 0.1) is 16.7 Å². The van der Waals surface area contributed by atoms with E-state index in [0.29, 0.717) is 34.0 Å². The molecule has 1 aromatic carbocycles. The number of halogens is 1. The maximum atomic E-state index is 12.9. The van der Waals surface area contributed by atoms with E-state index in [0.717, 1.165) is 20.9 Å². The molecular weight excluding hydrogens is 430 g/mol. The molecule has 0 radical (unpaired) electrons. The number of benzene rings is 1. The number of carbonyl (C=O) groups is 1. The number of nitrogens with zero attached hydrogens (tertiary/aromatic N) is 4. The van der Waals surface area contributed by atoms with E-state index in [4.69, 9.17) is 17.3 Å². The first kappa shape index (κ1) is 21.8. The van der Waals surface area contributed by atoms with Crippen molar-refractivity contribution in [3.63, 3.8) is 0 Å². The highest BCUT2D eigenvalue weighted by molar-refractivity contribution is 7.99. The van der Waals surface area contributed by atoms with E-state index in [9.17, 15) is 19.2 Å². The van der Waals surface area contributed by atoms with Crippen LogP contribution in [0.5, 0.6) is 0 Å². The van der Waals surface area contributed by atoms with Gasteiger partial charge in [-0.15, -0.1) is 0 Å². The van der Waals surface area contributed by atoms with Crippen LogP contribution in [0.2, 0.25) is 5.02 Å². The van der Waals surface area contributed by atoms with Crippen LogP contribution in [-0.2, 0) is 20.6 Å². The average Bonchev–Trinajstić information content (AvgIpc) is 2.71. The molecule has 2 aromatic heterocycles. The number of hydrogen-bond acceptors (Lipinski definition) is 7. The van der Waals surface area contributed by atoms with Crippen LogP contribution >= 0.6 is 23.4 Å². The number of rotatable bonds is 6. The van der Waals surface area contributed by atoms with Crippen molar-refractivity contribution >= 4 is 45.9 Å². The highest BCUT2D eigenvalue weighted by Crippen LogP contribution is 2.22. The Balaban J connectivity index is 2.03. The summed E-state index contributed by atoms with van der Waals surface area (Å²) in [6.45, 7) is 2.34. The minimum absolute atomic E-state index is 0.181. The molecule has 0 fully saturated rings. The third-order valence-corrected chi connectivity index (χ3v) is 5.86. The van der Waals surface area contributed by atoms with Gasteiger partial charge >= 0.3 is 5.69 Å². The van der Waals surface area contributed by atoms with Gasteiger partial charge < -0.3 is 5.73 Å². The fourth-order valence-corrected chi connectivity index (χ4v) is 4.09. The van der Waals surface area contributed by atoms with Crippen LogP contribution in [-0.4, -0.2) is 30.2 Å². The molecule has 0 atom stereocenters. The second-order valence-corrected chi connectivity index (χ2v) is 8.07. The summed E-state index contributed by atoms with van der Waals surface area (Å²) in [5, 5.41) is 1.21. The number of ketones is 1. The third-order valence-electron chi connectivity index (χ3n) is 4.65. The molecule has 3 rings (SSSR count). The predicted octanol–water partition coefficient (Wildman–Crippen LogP) is 1.41. The Kier molecular flexibility index (Phi) is 6.18. The highest BCUT2D eigenvalue weighted by atomic mass is 35.5. The lowest BCUT2D eigenvalue weighted by Gasteiger charge is -2.13. The third kappa shape index (κ3) is 3.80. The summed E-state index contributed by atoms with van der Waals surface area (Å²) in [6, 6.07) is 4.83. The van der Waals surface area contributed by atoms with Gasteiger partial charge in [0.1, 0.15) is 11.4 Å². The number of anilines is 1. The van der Waals surface area contributed by atoms with Crippen molar-refractivity contribution in [1.29, 1.82) is 0 Å². The summed E-state index contributed by atoms with van der Waals surface area (Å²) in [6.07, 6.45) is 0.691. The zero-order valence-corrected chi connectivity index (χ0v) is 18.2. The molecule has 0 bridgehead atoms. The lowest BCUT2D eigenvalue weighted by Crippen LogP contribution is -2.41. The van der Waals surface area contributed by atoms with Crippen molar-refractivity contribution < 1.29 is 4.79 Å². The van der Waals surface area contributed by atoms with E-state index in [2.05, 4.69) is 4.98 Å². The van der Waals surface area contributed by atoms with E-state index < -0.39 is 17.0 Å². The first-order chi connectivity index (χ1) is 14.2. The molecule has 0 saturated heterocycles. The first-order valence-corrected chi connectivity index (χ1v) is 10.4. The van der Waals surface area contributed by atoms with Crippen molar-refractivity contribution in [3.8, 4) is 0 Å². The van der Waals surface area contributed by atoms with Crippen LogP contribution in [0.25, 0.3) is 10.9 Å². The largest absolute Gasteiger partial charge is 0.384 e. The molecule has 158 valence electrons. The number of Topliss-reactive ketones (excluding diaryl/α,β-unsaturated/α-hetero) is 1. The lowest BCUT2D eigenvalue weighted by atomic mass is 10.2. The molecule has 9 nitrogen and oxygen atoms in total. The second kappa shape index (κ2) is 8.49. The quantitative estimate of drug-likeness (QED) is 0.343. The Morgan fingerprint density at radius 2 is 1.87 bits per heavy atom. The Bertz CT molecular complexity index is 1340. The summed E-state index contributed by atoms with van der Waals surface area (Å²) >= 11 is 7.05. The number of fused-ring (bicyclic) bond motifs is 1. The maximum Gasteiger partial charge on any atom is 0.332 e. The molecule has 30 heavy (non-hydrogen) atoms. The number of nitrogen functional groups attached to an aromatic ring is 1. The predicted molar refractivity (Wildman–Crippen MR) is 118 cm³/mol. The normalized spacial score (nSPS) is 11.2. The summed E-state index contributed by atoms with van der Waals surface area (Å²) in [5.74, 6) is -0.935. The van der Waals surface area contributed by atoms with Crippen LogP contribution in [0.4, 0.5) is 5.82 Å². The molecule has 0 unspecified atom stereocenters. The Morgan fingerprint density at radius 1 is 1.17 bits per heavy atom. The zero-order chi connectivity index (χ0) is 22.2. The summed E-state index contributed by atoms with van der Waals surface area (Å²) in [4.78, 5) is 54.5. The van der Waals surface area contributed by atoms with Gasteiger partial charge in [-0.3, -0.25) is 28.1 Å². The van der Waals surface area contributed by atoms with Gasteiger partial charge in [0.2, 0.25) is 0 Å². The summed E-state index contributed by atoms with van der Waals surface area (Å²) in [5.41, 5.74) is 4.40. The lowest BCUT2D eigenvalue weighted by molar-refractivity contribution is 0.102. The molecule has 0 aliphatic carbocycles. The summed E-state index contributed by atoms with van der Waals surface area (Å²) < 4.78 is 3.37. The van der Waals surface area contributed by atoms with Crippen molar-refractivity contribution in [2.75, 3.05) is 11.5 Å². The number of hydrogen-bond donors (Lipinski definition) is 1. The first-order valence-electron chi connectivity index (χ1n) is 9.09. The van der Waals surface area contributed by atoms with Crippen molar-refractivity contribution in [2.24, 2.45) is 14.1 Å². The van der Waals surface area contributed by atoms with E-state index in [1.54, 1.807) is 18.2 Å². The molecule has 0 spiro atoms. The van der Waals surface area contributed by atoms with Crippen LogP contribution in [0.1, 0.15) is 23.7 Å². The van der Waals surface area contributed by atoms with Crippen LogP contribution in [0, 0.1) is 0 Å². The molecule has 3 aromatic rings. The molecule has 2 heterocycles. The molecule has 11 heteroatoms. The van der Waals surface area contributed by atoms with Gasteiger partial charge in [0.25, 0.3) is 11.1 Å². The van der Waals surface area contributed by atoms with E-state index in [1.807, 2.05) is 6.92 Å². The van der Waals surface area contributed by atoms with E-state index in [1.165, 1.54) is 18.7 Å². The van der Waals surface area contributed by atoms with Gasteiger partial charge in [-0.05, 0) is 24.6 Å². The molecular formula is C19H20ClN5O4S. The van der Waals surface area contributed by atoms with Gasteiger partial charge in [-0.2, -0.15) is 0 Å². The van der Waals surface area contributed by atoms with Gasteiger partial charge in [-0.25, -0.2) is 9.78 Å². The van der Waals surface area contributed by atoms with Crippen molar-refractivity contribution in [1.82, 2.24) is 18.7 Å². The van der Waals surface area contributed by atoms with Gasteiger partial charge in [0, 0.05) is 25.7 Å². The van der Waals surface area contributed by atoms with Gasteiger partial charge in [-0.1, -0.05) is 30.3 Å². The maximum absolute atomic E-state index is 12.9. The zero-order valence-electron chi connectivity index (χ0n) is 16.6. The molecule has 2 N–H and O–H groups in total. The molecule has 0 saturated carbocycles. The van der Waals surface area contributed by atoms with E-state index >= 15 is 0 Å². The van der Waals surface area contributed by atoms with Crippen molar-refractivity contribution in [3.05, 3.63) is 60.0 Å². The standard InChI is InChI=1S/C19H20ClN5O4S/c1-4-7-25-16(27)11-6-5-10(20)8-12(11)22-18(25)30-9-13(26)14-15(21)23(2)19(29)24(3)17(14)28/h5-6,8H,4,7,9,21H2,1-3H3. The second-order valence-electron chi connectivity index (χ2n) is 6.69. The Labute approximate surface area is 180 Å². The molecule has 0 aliphatic heterocycles. The van der Waals surface area contributed by atoms with Crippen LogP contribution in [0.3, 0.4) is 0 Å². The Morgan fingerprint density at radius 3 is 2.53 bits per heavy atom. The van der Waals surface area contributed by atoms with Crippen LogP contribution in [0.15, 0.2) is 37.7 Å². The SMILES string of the molecule is CCCn1c(SCC(=O)c2c(N)n(C)c(=O)n(C)c2=O)nc2cc(Cl)ccc2c1=O. The van der Waals surface area contributed by atoms with E-state index in [-0.39, 0.29) is 22.7 Å². The molecule has 0 amide bonds. The average molecular weight is 450 g/mol. The summed E-state index contributed by atoms with van der Waals surface area (Å²) in [7, 11) is 2.66. The Hall–Kier alpha value is -2.85. The smallest absolute Gasteiger partial charge is 0.332 e. The minimum Gasteiger partial charge on any atom is -0.384 e. The monoisotopic (exact) mass is 449 g/mol. The van der Waals surface area contributed by atoms with Crippen molar-refractivity contribution in [2.45, 2.75) is 25.0 Å². The number of carbonyl (C=O) groups excluding carboxylic acids is 1. The number of thioether (sulfide) groups is 1. The number of nitrogens with two attached hydrogens (primary N) is 1. The van der Waals surface area contributed by atoms with Crippen LogP contribution < -0.4 is 22.5 Å². The number of aromatic nitrogens is 4. The fraction of sp³-hybridized carbons (Fsp3) is 0.316. The topological polar surface area (TPSA) is 122 Å². The molecule has 0 aliphatic rings. The van der Waals surface area contributed by atoms with Gasteiger partial charge in [0.15, 0.2) is 10.9 Å². The fourth-order valence-electron chi connectivity index (χ4n) is 3.03. The highest BCUT2D eigenvalue weighted by Gasteiger charge is 2.21. The minimum atomic E-state index is -0.759.